The zero-order valence-corrected chi connectivity index (χ0v) is 17.5. The molecule has 9 heteroatoms. The number of aryl methyl sites for hydroxylation is 1. The number of nitriles is 1. The van der Waals surface area contributed by atoms with Gasteiger partial charge in [-0.25, -0.2) is 17.9 Å². The molecule has 0 radical (unpaired) electrons. The summed E-state index contributed by atoms with van der Waals surface area (Å²) >= 11 is 0. The van der Waals surface area contributed by atoms with Gasteiger partial charge in [-0.3, -0.25) is 0 Å². The highest BCUT2D eigenvalue weighted by Gasteiger charge is 2.38. The number of benzene rings is 1. The second-order valence-corrected chi connectivity index (χ2v) is 7.63. The maximum absolute atomic E-state index is 12.5. The van der Waals surface area contributed by atoms with Crippen LogP contribution in [-0.2, 0) is 11.0 Å². The number of rotatable bonds is 3. The SMILES string of the molecule is CC.Cc1ccc(S(=O)N2CCC(O)(CO)C2)nc1.N#Cc1ccc(O)cc1F. The molecule has 0 aliphatic carbocycles. The van der Waals surface area contributed by atoms with Crippen molar-refractivity contribution in [2.24, 2.45) is 0 Å². The van der Waals surface area contributed by atoms with Crippen LogP contribution in [0, 0.1) is 24.1 Å². The Morgan fingerprint density at radius 1 is 1.34 bits per heavy atom. The predicted octanol–water partition coefficient (Wildman–Crippen LogP) is 2.27. The molecule has 3 N–H and O–H groups in total. The first-order valence-corrected chi connectivity index (χ1v) is 10.2. The molecule has 0 amide bonds. The van der Waals surface area contributed by atoms with E-state index in [1.165, 1.54) is 12.1 Å². The van der Waals surface area contributed by atoms with E-state index in [1.807, 2.05) is 26.8 Å². The van der Waals surface area contributed by atoms with Crippen LogP contribution in [0.4, 0.5) is 4.39 Å². The lowest BCUT2D eigenvalue weighted by Crippen LogP contribution is -2.37. The highest BCUT2D eigenvalue weighted by molar-refractivity contribution is 7.82. The monoisotopic (exact) mass is 423 g/mol. The van der Waals surface area contributed by atoms with Crippen LogP contribution in [0.3, 0.4) is 0 Å². The fourth-order valence-electron chi connectivity index (χ4n) is 2.37. The number of aromatic hydroxyl groups is 1. The Morgan fingerprint density at radius 2 is 2.03 bits per heavy atom. The standard InChI is InChI=1S/C11H16N2O3S.C7H4FNO.C2H6/c1-9-2-3-10(12-6-9)17(16)13-5-4-11(15,7-13)8-14;8-7-3-6(10)2-1-5(7)4-9;1-2/h2-3,6,14-15H,4-5,7-8H2,1H3;1-3,10H;1-2H3. The predicted molar refractivity (Wildman–Crippen MR) is 108 cm³/mol. The van der Waals surface area contributed by atoms with E-state index in [0.29, 0.717) is 18.0 Å². The van der Waals surface area contributed by atoms with E-state index < -0.39 is 22.4 Å². The smallest absolute Gasteiger partial charge is 0.146 e. The summed E-state index contributed by atoms with van der Waals surface area (Å²) in [5.41, 5.74) is -0.169. The molecular formula is C20H26FN3O4S. The molecule has 1 aromatic carbocycles. The van der Waals surface area contributed by atoms with Gasteiger partial charge in [0.05, 0.1) is 12.2 Å². The Bertz CT molecular complexity index is 858. The Hall–Kier alpha value is -2.38. The van der Waals surface area contributed by atoms with E-state index in [2.05, 4.69) is 4.98 Å². The van der Waals surface area contributed by atoms with E-state index in [0.717, 1.165) is 11.6 Å². The molecule has 0 spiro atoms. The summed E-state index contributed by atoms with van der Waals surface area (Å²) in [6.07, 6.45) is 2.10. The molecule has 1 aliphatic heterocycles. The molecule has 29 heavy (non-hydrogen) atoms. The third-order valence-corrected chi connectivity index (χ3v) is 5.34. The minimum absolute atomic E-state index is 0.0576. The average molecular weight is 424 g/mol. The van der Waals surface area contributed by atoms with Crippen molar-refractivity contribution in [3.05, 3.63) is 53.5 Å². The van der Waals surface area contributed by atoms with Crippen LogP contribution >= 0.6 is 0 Å². The third-order valence-electron chi connectivity index (χ3n) is 3.96. The van der Waals surface area contributed by atoms with Crippen molar-refractivity contribution in [1.82, 2.24) is 9.29 Å². The topological polar surface area (TPSA) is 118 Å². The summed E-state index contributed by atoms with van der Waals surface area (Å²) in [6.45, 7) is 6.33. The number of aliphatic hydroxyl groups excluding tert-OH is 1. The van der Waals surface area contributed by atoms with Gasteiger partial charge in [0.2, 0.25) is 0 Å². The van der Waals surface area contributed by atoms with Gasteiger partial charge in [0.25, 0.3) is 0 Å². The number of phenolic OH excluding ortho intramolecular Hbond substituents is 1. The van der Waals surface area contributed by atoms with Gasteiger partial charge in [-0.05, 0) is 37.1 Å². The molecule has 158 valence electrons. The summed E-state index contributed by atoms with van der Waals surface area (Å²) in [7, 11) is -1.36. The number of nitrogens with zero attached hydrogens (tertiary/aromatic N) is 3. The van der Waals surface area contributed by atoms with Crippen LogP contribution in [0.1, 0.15) is 31.4 Å². The molecule has 1 aromatic heterocycles. The Balaban J connectivity index is 0.000000299. The maximum atomic E-state index is 12.5. The fraction of sp³-hybridized carbons (Fsp3) is 0.400. The highest BCUT2D eigenvalue weighted by Crippen LogP contribution is 2.24. The second kappa shape index (κ2) is 11.6. The van der Waals surface area contributed by atoms with Crippen LogP contribution in [0.25, 0.3) is 0 Å². The summed E-state index contributed by atoms with van der Waals surface area (Å²) in [4.78, 5) is 4.11. The molecule has 1 aliphatic rings. The van der Waals surface area contributed by atoms with Crippen molar-refractivity contribution >= 4 is 11.0 Å². The number of β-amino-alcohol motifs (C(OH)–C–C–N with tert-alkyl or cyclic N) is 1. The van der Waals surface area contributed by atoms with Gasteiger partial charge in [-0.15, -0.1) is 0 Å². The molecule has 0 bridgehead atoms. The van der Waals surface area contributed by atoms with Crippen LogP contribution in [-0.4, -0.2) is 54.1 Å². The zero-order valence-electron chi connectivity index (χ0n) is 16.7. The first-order valence-electron chi connectivity index (χ1n) is 9.09. The van der Waals surface area contributed by atoms with Gasteiger partial charge in [-0.2, -0.15) is 5.26 Å². The van der Waals surface area contributed by atoms with Gasteiger partial charge in [-0.1, -0.05) is 19.9 Å². The molecule has 1 saturated heterocycles. The highest BCUT2D eigenvalue weighted by atomic mass is 32.2. The summed E-state index contributed by atoms with van der Waals surface area (Å²) in [5.74, 6) is -0.862. The Kier molecular flexibility index (Phi) is 9.85. The van der Waals surface area contributed by atoms with Crippen molar-refractivity contribution in [3.63, 3.8) is 0 Å². The molecule has 1 fully saturated rings. The molecule has 2 unspecified atom stereocenters. The quantitative estimate of drug-likeness (QED) is 0.697. The number of hydrogen-bond donors (Lipinski definition) is 3. The molecule has 2 aromatic rings. The second-order valence-electron chi connectivity index (χ2n) is 6.19. The first kappa shape index (κ1) is 24.7. The van der Waals surface area contributed by atoms with E-state index in [9.17, 15) is 13.7 Å². The molecular weight excluding hydrogens is 397 g/mol. The number of aliphatic hydroxyl groups is 2. The minimum Gasteiger partial charge on any atom is -0.508 e. The van der Waals surface area contributed by atoms with E-state index in [4.69, 9.17) is 15.5 Å². The Labute approximate surface area is 172 Å². The molecule has 3 rings (SSSR count). The minimum atomic E-state index is -1.36. The first-order chi connectivity index (χ1) is 13.8. The lowest BCUT2D eigenvalue weighted by Gasteiger charge is -2.19. The van der Waals surface area contributed by atoms with Gasteiger partial charge < -0.3 is 15.3 Å². The van der Waals surface area contributed by atoms with Gasteiger partial charge in [0.15, 0.2) is 0 Å². The van der Waals surface area contributed by atoms with Crippen LogP contribution in [0.15, 0.2) is 41.6 Å². The lowest BCUT2D eigenvalue weighted by molar-refractivity contribution is -0.000510. The molecule has 7 nitrogen and oxygen atoms in total. The summed E-state index contributed by atoms with van der Waals surface area (Å²) < 4.78 is 26.2. The summed E-state index contributed by atoms with van der Waals surface area (Å²) in [5, 5.41) is 36.3. The van der Waals surface area contributed by atoms with Crippen molar-refractivity contribution in [1.29, 1.82) is 5.26 Å². The van der Waals surface area contributed by atoms with Crippen molar-refractivity contribution < 1.29 is 23.9 Å². The molecule has 2 heterocycles. The Morgan fingerprint density at radius 3 is 2.52 bits per heavy atom. The van der Waals surface area contributed by atoms with E-state index >= 15 is 0 Å². The third kappa shape index (κ3) is 7.18. The van der Waals surface area contributed by atoms with E-state index in [1.54, 1.807) is 22.6 Å². The average Bonchev–Trinajstić information content (AvgIpc) is 3.13. The van der Waals surface area contributed by atoms with Crippen LogP contribution in [0.2, 0.25) is 0 Å². The molecule has 0 saturated carbocycles. The van der Waals surface area contributed by atoms with Crippen LogP contribution in [0.5, 0.6) is 5.75 Å². The maximum Gasteiger partial charge on any atom is 0.146 e. The number of halogens is 1. The van der Waals surface area contributed by atoms with Gasteiger partial charge in [0.1, 0.15) is 39.2 Å². The number of aromatic nitrogens is 1. The van der Waals surface area contributed by atoms with Gasteiger partial charge >= 0.3 is 0 Å². The van der Waals surface area contributed by atoms with E-state index in [-0.39, 0.29) is 24.5 Å². The normalized spacial score (nSPS) is 19.2. The summed E-state index contributed by atoms with van der Waals surface area (Å²) in [6, 6.07) is 8.61. The van der Waals surface area contributed by atoms with Gasteiger partial charge in [0, 0.05) is 25.4 Å². The molecule has 2 atom stereocenters. The van der Waals surface area contributed by atoms with Crippen LogP contribution < -0.4 is 0 Å². The lowest BCUT2D eigenvalue weighted by atomic mass is 10.1. The van der Waals surface area contributed by atoms with Crippen molar-refractivity contribution in [2.75, 3.05) is 19.7 Å². The number of phenols is 1. The van der Waals surface area contributed by atoms with Crippen molar-refractivity contribution in [3.8, 4) is 11.8 Å². The largest absolute Gasteiger partial charge is 0.508 e. The fourth-order valence-corrected chi connectivity index (χ4v) is 3.58. The van der Waals surface area contributed by atoms with Crippen molar-refractivity contribution in [2.45, 2.75) is 37.8 Å². The number of hydrogen-bond acceptors (Lipinski definition) is 6. The zero-order chi connectivity index (χ0) is 22.0. The number of pyridine rings is 1.